The van der Waals surface area contributed by atoms with Gasteiger partial charge in [0.25, 0.3) is 5.56 Å². The number of nitrogens with two attached hydrogens (primary N) is 1. The standard InChI is InChI=1S/C26H27N5O2.2H2/c1-16(27)18-5-4-6-19(11-18)21-12-23(33-30-21)25-17(2)28-13-22(29-25)20-7-8-24(32)31(14-20)15-26(3)9-10-26;;/h4-8,11-14,16H,9-10,15,27H2,1-3H3;2*1H. The Morgan fingerprint density at radius 1 is 1.18 bits per heavy atom. The molecule has 1 aliphatic rings. The van der Waals surface area contributed by atoms with E-state index in [2.05, 4.69) is 17.1 Å². The molecule has 1 fully saturated rings. The highest BCUT2D eigenvalue weighted by molar-refractivity contribution is 5.68. The molecule has 172 valence electrons. The Hall–Kier alpha value is -3.58. The number of hydrogen-bond donors (Lipinski definition) is 1. The second kappa shape index (κ2) is 8.08. The SMILES string of the molecule is Cc1ncc(-c2ccc(=O)n(CC3(C)CC3)c2)nc1-c1cc(-c2cccc(C(C)N)c2)no1.[HH].[HH]. The lowest BCUT2D eigenvalue weighted by molar-refractivity contribution is 0.433. The first-order chi connectivity index (χ1) is 15.8. The van der Waals surface area contributed by atoms with Crippen LogP contribution in [0.25, 0.3) is 34.0 Å². The summed E-state index contributed by atoms with van der Waals surface area (Å²) < 4.78 is 7.43. The molecule has 0 amide bonds. The molecule has 1 unspecified atom stereocenters. The van der Waals surface area contributed by atoms with Gasteiger partial charge in [0.2, 0.25) is 0 Å². The Morgan fingerprint density at radius 2 is 2.00 bits per heavy atom. The van der Waals surface area contributed by atoms with Crippen molar-refractivity contribution < 1.29 is 7.38 Å². The van der Waals surface area contributed by atoms with Crippen LogP contribution in [0.5, 0.6) is 0 Å². The molecule has 5 rings (SSSR count). The fraction of sp³-hybridized carbons (Fsp3) is 0.308. The highest BCUT2D eigenvalue weighted by Gasteiger charge is 2.37. The van der Waals surface area contributed by atoms with Crippen molar-refractivity contribution in [1.82, 2.24) is 19.7 Å². The average Bonchev–Trinajstić information content (AvgIpc) is 3.32. The summed E-state index contributed by atoms with van der Waals surface area (Å²) in [5, 5.41) is 4.25. The fourth-order valence-electron chi connectivity index (χ4n) is 3.92. The van der Waals surface area contributed by atoms with Crippen LogP contribution in [0, 0.1) is 12.3 Å². The van der Waals surface area contributed by atoms with Gasteiger partial charge in [0.05, 0.1) is 17.6 Å². The van der Waals surface area contributed by atoms with Crippen molar-refractivity contribution >= 4 is 0 Å². The Balaban J connectivity index is 0.00000171. The van der Waals surface area contributed by atoms with Gasteiger partial charge in [-0.3, -0.25) is 9.78 Å². The molecule has 4 aromatic rings. The fourth-order valence-corrected chi connectivity index (χ4v) is 3.92. The zero-order valence-corrected chi connectivity index (χ0v) is 19.1. The zero-order valence-electron chi connectivity index (χ0n) is 19.1. The van der Waals surface area contributed by atoms with E-state index >= 15 is 0 Å². The lowest BCUT2D eigenvalue weighted by atomic mass is 10.0. The van der Waals surface area contributed by atoms with Crippen molar-refractivity contribution in [3.05, 3.63) is 76.5 Å². The number of hydrogen-bond acceptors (Lipinski definition) is 6. The van der Waals surface area contributed by atoms with Crippen molar-refractivity contribution in [1.29, 1.82) is 0 Å². The molecule has 0 saturated heterocycles. The number of aromatic nitrogens is 4. The minimum absolute atomic E-state index is 0. The van der Waals surface area contributed by atoms with Crippen LogP contribution in [0.15, 0.2) is 64.2 Å². The molecule has 0 radical (unpaired) electrons. The molecule has 3 aromatic heterocycles. The second-order valence-corrected chi connectivity index (χ2v) is 9.37. The monoisotopic (exact) mass is 445 g/mol. The number of aryl methyl sites for hydroxylation is 1. The lowest BCUT2D eigenvalue weighted by Gasteiger charge is -2.12. The predicted octanol–water partition coefficient (Wildman–Crippen LogP) is 5.25. The lowest BCUT2D eigenvalue weighted by Crippen LogP contribution is -2.22. The predicted molar refractivity (Wildman–Crippen MR) is 132 cm³/mol. The van der Waals surface area contributed by atoms with Crippen LogP contribution in [0.3, 0.4) is 0 Å². The van der Waals surface area contributed by atoms with Gasteiger partial charge >= 0.3 is 0 Å². The molecule has 3 heterocycles. The summed E-state index contributed by atoms with van der Waals surface area (Å²) in [7, 11) is 0. The first-order valence-electron chi connectivity index (χ1n) is 11.2. The number of rotatable bonds is 6. The molecule has 1 saturated carbocycles. The number of benzene rings is 1. The maximum atomic E-state index is 12.4. The molecule has 33 heavy (non-hydrogen) atoms. The Bertz CT molecular complexity index is 1390. The van der Waals surface area contributed by atoms with Crippen molar-refractivity contribution in [2.24, 2.45) is 11.1 Å². The Kier molecular flexibility index (Phi) is 5.21. The van der Waals surface area contributed by atoms with Gasteiger partial charge in [-0.15, -0.1) is 0 Å². The van der Waals surface area contributed by atoms with E-state index in [1.54, 1.807) is 22.9 Å². The second-order valence-electron chi connectivity index (χ2n) is 9.37. The molecular weight excluding hydrogens is 414 g/mol. The Morgan fingerprint density at radius 3 is 2.76 bits per heavy atom. The van der Waals surface area contributed by atoms with Crippen molar-refractivity contribution in [2.75, 3.05) is 0 Å². The van der Waals surface area contributed by atoms with Crippen molar-refractivity contribution in [3.63, 3.8) is 0 Å². The van der Waals surface area contributed by atoms with E-state index in [0.717, 1.165) is 41.8 Å². The molecule has 1 aliphatic carbocycles. The van der Waals surface area contributed by atoms with Crippen LogP contribution in [0.1, 0.15) is 46.8 Å². The summed E-state index contributed by atoms with van der Waals surface area (Å²) in [6.07, 6.45) is 5.91. The highest BCUT2D eigenvalue weighted by Crippen LogP contribution is 2.46. The van der Waals surface area contributed by atoms with Gasteiger partial charge in [-0.2, -0.15) is 0 Å². The van der Waals surface area contributed by atoms with E-state index in [1.807, 2.05) is 50.4 Å². The van der Waals surface area contributed by atoms with E-state index in [1.165, 1.54) is 0 Å². The zero-order chi connectivity index (χ0) is 23.2. The molecule has 0 spiro atoms. The summed E-state index contributed by atoms with van der Waals surface area (Å²) in [4.78, 5) is 21.7. The normalized spacial score (nSPS) is 15.4. The topological polar surface area (TPSA) is 99.8 Å². The molecule has 2 N–H and O–H groups in total. The van der Waals surface area contributed by atoms with E-state index in [9.17, 15) is 4.79 Å². The van der Waals surface area contributed by atoms with Gasteiger partial charge in [-0.1, -0.05) is 30.3 Å². The van der Waals surface area contributed by atoms with Crippen molar-refractivity contribution in [2.45, 2.75) is 46.2 Å². The summed E-state index contributed by atoms with van der Waals surface area (Å²) in [6, 6.07) is 13.2. The third kappa shape index (κ3) is 4.36. The van der Waals surface area contributed by atoms with Crippen LogP contribution in [0.2, 0.25) is 0 Å². The third-order valence-corrected chi connectivity index (χ3v) is 6.34. The highest BCUT2D eigenvalue weighted by atomic mass is 16.5. The first kappa shape index (κ1) is 21.3. The third-order valence-electron chi connectivity index (χ3n) is 6.34. The van der Waals surface area contributed by atoms with Gasteiger partial charge in [0.15, 0.2) is 5.76 Å². The van der Waals surface area contributed by atoms with E-state index in [4.69, 9.17) is 15.2 Å². The molecule has 0 bridgehead atoms. The number of pyridine rings is 1. The molecule has 7 heteroatoms. The van der Waals surface area contributed by atoms with Crippen LogP contribution in [-0.2, 0) is 6.54 Å². The van der Waals surface area contributed by atoms with Crippen molar-refractivity contribution in [3.8, 4) is 34.0 Å². The van der Waals surface area contributed by atoms with Gasteiger partial charge in [0, 0.05) is 44.9 Å². The first-order valence-corrected chi connectivity index (χ1v) is 11.2. The molecule has 1 atom stereocenters. The van der Waals surface area contributed by atoms with E-state index in [0.29, 0.717) is 22.8 Å². The van der Waals surface area contributed by atoms with Crippen LogP contribution >= 0.6 is 0 Å². The van der Waals surface area contributed by atoms with Crippen LogP contribution in [0.4, 0.5) is 0 Å². The maximum absolute atomic E-state index is 12.4. The molecule has 0 aliphatic heterocycles. The maximum Gasteiger partial charge on any atom is 0.250 e. The minimum atomic E-state index is -0.0631. The summed E-state index contributed by atoms with van der Waals surface area (Å²) in [6.45, 7) is 6.77. The smallest absolute Gasteiger partial charge is 0.250 e. The number of nitrogens with zero attached hydrogens (tertiary/aromatic N) is 4. The molecular formula is C26H31N5O2. The minimum Gasteiger partial charge on any atom is -0.354 e. The van der Waals surface area contributed by atoms with E-state index < -0.39 is 0 Å². The summed E-state index contributed by atoms with van der Waals surface area (Å²) >= 11 is 0. The Labute approximate surface area is 195 Å². The van der Waals surface area contributed by atoms with Crippen LogP contribution < -0.4 is 11.3 Å². The summed E-state index contributed by atoms with van der Waals surface area (Å²) in [5.74, 6) is 0.543. The molecule has 7 nitrogen and oxygen atoms in total. The summed E-state index contributed by atoms with van der Waals surface area (Å²) in [5.41, 5.74) is 11.8. The van der Waals surface area contributed by atoms with Crippen LogP contribution in [-0.4, -0.2) is 19.7 Å². The average molecular weight is 446 g/mol. The quantitative estimate of drug-likeness (QED) is 0.435. The largest absolute Gasteiger partial charge is 0.354 e. The van der Waals surface area contributed by atoms with Gasteiger partial charge < -0.3 is 14.8 Å². The molecule has 1 aromatic carbocycles. The van der Waals surface area contributed by atoms with Gasteiger partial charge in [-0.25, -0.2) is 4.98 Å². The van der Waals surface area contributed by atoms with Gasteiger partial charge in [0.1, 0.15) is 11.4 Å². The van der Waals surface area contributed by atoms with E-state index in [-0.39, 0.29) is 19.9 Å². The van der Waals surface area contributed by atoms with Gasteiger partial charge in [-0.05, 0) is 49.8 Å².